The third-order valence-electron chi connectivity index (χ3n) is 3.25. The molecule has 1 aliphatic rings. The summed E-state index contributed by atoms with van der Waals surface area (Å²) in [6.45, 7) is -0.459. The molecular weight excluding hydrogens is 284 g/mol. The fourth-order valence-electron chi connectivity index (χ4n) is 2.09. The lowest BCUT2D eigenvalue weighted by molar-refractivity contribution is -0.0153. The van der Waals surface area contributed by atoms with Gasteiger partial charge in [-0.25, -0.2) is 0 Å². The van der Waals surface area contributed by atoms with E-state index in [1.165, 1.54) is 25.3 Å². The van der Waals surface area contributed by atoms with Crippen LogP contribution in [0.3, 0.4) is 0 Å². The number of nitrogens with zero attached hydrogens (tertiary/aromatic N) is 1. The molecule has 0 radical (unpaired) electrons. The Kier molecular flexibility index (Phi) is 4.83. The number of rotatable bonds is 5. The summed E-state index contributed by atoms with van der Waals surface area (Å²) in [6, 6.07) is 4.28. The molecule has 1 aromatic rings. The maximum absolute atomic E-state index is 11.2. The second kappa shape index (κ2) is 6.43. The van der Waals surface area contributed by atoms with Gasteiger partial charge in [0.15, 0.2) is 6.23 Å². The molecule has 1 fully saturated rings. The van der Waals surface area contributed by atoms with Gasteiger partial charge in [0.2, 0.25) is 0 Å². The number of nitrogens with one attached hydrogen (secondary N) is 1. The lowest BCUT2D eigenvalue weighted by atomic mass is 10.1. The van der Waals surface area contributed by atoms with Crippen molar-refractivity contribution in [2.45, 2.75) is 24.5 Å². The van der Waals surface area contributed by atoms with Gasteiger partial charge >= 0.3 is 0 Å². The molecule has 0 aliphatic carbocycles. The van der Waals surface area contributed by atoms with Crippen molar-refractivity contribution in [1.29, 1.82) is 0 Å². The zero-order valence-corrected chi connectivity index (χ0v) is 11.2. The third kappa shape index (κ3) is 3.18. The predicted octanol–water partition coefficient (Wildman–Crippen LogP) is -0.761. The van der Waals surface area contributed by atoms with Crippen LogP contribution in [0.1, 0.15) is 0 Å². The first-order valence-corrected chi connectivity index (χ1v) is 6.21. The normalized spacial score (nSPS) is 28.5. The molecule has 9 heteroatoms. The Morgan fingerprint density at radius 2 is 2.10 bits per heavy atom. The second-order valence-electron chi connectivity index (χ2n) is 4.56. The highest BCUT2D eigenvalue weighted by Crippen LogP contribution is 2.32. The average Bonchev–Trinajstić information content (AvgIpc) is 2.75. The van der Waals surface area contributed by atoms with Crippen LogP contribution >= 0.6 is 0 Å². The SMILES string of the molecule is COc1ccc(N[C@H]2O[C@H](CO)[C@@H](O)[C@@H]2O)c(N([O-])O)c1. The topological polar surface area (TPSA) is 138 Å². The summed E-state index contributed by atoms with van der Waals surface area (Å²) in [5, 5.41) is 51.1. The van der Waals surface area contributed by atoms with E-state index < -0.39 is 31.1 Å². The number of hydrogen-bond acceptors (Lipinski definition) is 9. The van der Waals surface area contributed by atoms with E-state index in [1.807, 2.05) is 0 Å². The number of anilines is 2. The van der Waals surface area contributed by atoms with Crippen LogP contribution in [0.2, 0.25) is 0 Å². The van der Waals surface area contributed by atoms with E-state index in [2.05, 4.69) is 5.32 Å². The molecule has 0 amide bonds. The zero-order valence-electron chi connectivity index (χ0n) is 11.2. The molecule has 0 aromatic heterocycles. The second-order valence-corrected chi connectivity index (χ2v) is 4.56. The van der Waals surface area contributed by atoms with Gasteiger partial charge in [-0.2, -0.15) is 0 Å². The average molecular weight is 301 g/mol. The maximum Gasteiger partial charge on any atom is 0.157 e. The molecule has 1 saturated heterocycles. The summed E-state index contributed by atoms with van der Waals surface area (Å²) in [5.74, 6) is 0.353. The summed E-state index contributed by atoms with van der Waals surface area (Å²) in [7, 11) is 1.41. The summed E-state index contributed by atoms with van der Waals surface area (Å²) in [5.41, 5.74) is 0.0234. The van der Waals surface area contributed by atoms with Gasteiger partial charge in [-0.1, -0.05) is 0 Å². The fraction of sp³-hybridized carbons (Fsp3) is 0.500. The minimum Gasteiger partial charge on any atom is -0.733 e. The van der Waals surface area contributed by atoms with Gasteiger partial charge in [0.05, 0.1) is 25.1 Å². The van der Waals surface area contributed by atoms with Crippen molar-refractivity contribution in [3.63, 3.8) is 0 Å². The molecule has 9 nitrogen and oxygen atoms in total. The molecule has 0 bridgehead atoms. The summed E-state index contributed by atoms with van der Waals surface area (Å²) < 4.78 is 10.2. The Morgan fingerprint density at radius 3 is 2.62 bits per heavy atom. The molecule has 1 heterocycles. The van der Waals surface area contributed by atoms with Gasteiger partial charge in [0.1, 0.15) is 24.1 Å². The van der Waals surface area contributed by atoms with Crippen LogP contribution in [0.25, 0.3) is 0 Å². The Labute approximate surface area is 120 Å². The van der Waals surface area contributed by atoms with Crippen molar-refractivity contribution in [1.82, 2.24) is 0 Å². The largest absolute Gasteiger partial charge is 0.733 e. The van der Waals surface area contributed by atoms with Crippen molar-refractivity contribution in [3.8, 4) is 5.75 Å². The fourth-order valence-corrected chi connectivity index (χ4v) is 2.09. The Balaban J connectivity index is 2.20. The number of ether oxygens (including phenoxy) is 2. The molecule has 1 aromatic carbocycles. The number of hydrogen-bond donors (Lipinski definition) is 5. The molecule has 5 N–H and O–H groups in total. The number of aliphatic hydroxyl groups is 3. The molecule has 4 atom stereocenters. The molecule has 1 aliphatic heterocycles. The van der Waals surface area contributed by atoms with Crippen molar-refractivity contribution in [2.75, 3.05) is 24.3 Å². The Hall–Kier alpha value is -1.62. The van der Waals surface area contributed by atoms with Gasteiger partial charge in [-0.15, -0.1) is 0 Å². The van der Waals surface area contributed by atoms with E-state index in [0.717, 1.165) is 0 Å². The maximum atomic E-state index is 11.2. The van der Waals surface area contributed by atoms with Crippen molar-refractivity contribution in [2.24, 2.45) is 0 Å². The van der Waals surface area contributed by atoms with E-state index in [4.69, 9.17) is 19.8 Å². The van der Waals surface area contributed by atoms with Gasteiger partial charge in [-0.05, 0) is 12.1 Å². The molecule has 0 saturated carbocycles. The van der Waals surface area contributed by atoms with Gasteiger partial charge in [-0.3, -0.25) is 5.21 Å². The quantitative estimate of drug-likeness (QED) is 0.444. The smallest absolute Gasteiger partial charge is 0.157 e. The van der Waals surface area contributed by atoms with Crippen molar-refractivity contribution < 1.29 is 30.0 Å². The zero-order chi connectivity index (χ0) is 15.6. The summed E-state index contributed by atoms with van der Waals surface area (Å²) in [6.07, 6.45) is -4.52. The van der Waals surface area contributed by atoms with Crippen molar-refractivity contribution >= 4 is 11.4 Å². The molecule has 0 unspecified atom stereocenters. The number of methoxy groups -OCH3 is 1. The highest BCUT2D eigenvalue weighted by Gasteiger charge is 2.42. The molecular formula is C12H17N2O7-. The van der Waals surface area contributed by atoms with E-state index in [0.29, 0.717) is 5.75 Å². The Bertz CT molecular complexity index is 485. The lowest BCUT2D eigenvalue weighted by Gasteiger charge is -2.27. The van der Waals surface area contributed by atoms with E-state index in [-0.39, 0.29) is 16.6 Å². The van der Waals surface area contributed by atoms with E-state index in [1.54, 1.807) is 0 Å². The highest BCUT2D eigenvalue weighted by atomic mass is 16.8. The minimum absolute atomic E-state index is 0.146. The van der Waals surface area contributed by atoms with Crippen LogP contribution in [-0.4, -0.2) is 58.8 Å². The standard InChI is InChI=1S/C12H17N2O7/c1-20-6-2-3-7(8(4-6)14(18)19)13-12-11(17)10(16)9(5-15)21-12/h2-4,9-13,15-18H,5H2,1H3/q-1/t9-,10-,11+,12+/m1/s1. The van der Waals surface area contributed by atoms with Crippen LogP contribution < -0.4 is 15.3 Å². The van der Waals surface area contributed by atoms with Crippen LogP contribution in [0, 0.1) is 5.21 Å². The molecule has 2 rings (SSSR count). The third-order valence-corrected chi connectivity index (χ3v) is 3.25. The summed E-state index contributed by atoms with van der Waals surface area (Å²) >= 11 is 0. The number of aliphatic hydroxyl groups excluding tert-OH is 3. The first-order valence-electron chi connectivity index (χ1n) is 6.21. The minimum atomic E-state index is -1.30. The molecule has 0 spiro atoms. The Morgan fingerprint density at radius 1 is 1.38 bits per heavy atom. The first kappa shape index (κ1) is 15.8. The van der Waals surface area contributed by atoms with Gasteiger partial charge in [0, 0.05) is 6.07 Å². The van der Waals surface area contributed by atoms with Crippen LogP contribution in [-0.2, 0) is 4.74 Å². The van der Waals surface area contributed by atoms with Gasteiger partial charge in [0.25, 0.3) is 0 Å². The monoisotopic (exact) mass is 301 g/mol. The predicted molar refractivity (Wildman–Crippen MR) is 72.0 cm³/mol. The first-order chi connectivity index (χ1) is 9.97. The molecule has 118 valence electrons. The van der Waals surface area contributed by atoms with E-state index >= 15 is 0 Å². The summed E-state index contributed by atoms with van der Waals surface area (Å²) in [4.78, 5) is 0. The van der Waals surface area contributed by atoms with Crippen LogP contribution in [0.15, 0.2) is 18.2 Å². The van der Waals surface area contributed by atoms with Crippen LogP contribution in [0.5, 0.6) is 5.75 Å². The lowest BCUT2D eigenvalue weighted by Crippen LogP contribution is -2.36. The molecule has 21 heavy (non-hydrogen) atoms. The number of benzene rings is 1. The van der Waals surface area contributed by atoms with Gasteiger partial charge < -0.3 is 40.5 Å². The van der Waals surface area contributed by atoms with Crippen LogP contribution in [0.4, 0.5) is 11.4 Å². The highest BCUT2D eigenvalue weighted by molar-refractivity contribution is 5.71. The van der Waals surface area contributed by atoms with E-state index in [9.17, 15) is 15.4 Å². The van der Waals surface area contributed by atoms with Crippen molar-refractivity contribution in [3.05, 3.63) is 23.4 Å².